The number of hydrogen-bond donors (Lipinski definition) is 2. The Labute approximate surface area is 106 Å². The van der Waals surface area contributed by atoms with Gasteiger partial charge in [0.2, 0.25) is 0 Å². The molecular formula is C11H18N4OS. The molecule has 3 N–H and O–H groups in total. The lowest BCUT2D eigenvalue weighted by Gasteiger charge is -2.04. The highest BCUT2D eigenvalue weighted by Gasteiger charge is 2.06. The minimum Gasteiger partial charge on any atom is -0.409 e. The Morgan fingerprint density at radius 2 is 2.24 bits per heavy atom. The van der Waals surface area contributed by atoms with Crippen molar-refractivity contribution in [3.05, 3.63) is 17.5 Å². The first-order chi connectivity index (χ1) is 8.17. The van der Waals surface area contributed by atoms with Crippen LogP contribution in [0.3, 0.4) is 0 Å². The summed E-state index contributed by atoms with van der Waals surface area (Å²) in [4.78, 5) is 8.55. The van der Waals surface area contributed by atoms with Crippen molar-refractivity contribution in [3.8, 4) is 0 Å². The highest BCUT2D eigenvalue weighted by molar-refractivity contribution is 7.99. The summed E-state index contributed by atoms with van der Waals surface area (Å²) < 4.78 is 0. The molecule has 1 heterocycles. The molecule has 0 saturated heterocycles. The van der Waals surface area contributed by atoms with E-state index < -0.39 is 0 Å². The maximum absolute atomic E-state index is 8.61. The van der Waals surface area contributed by atoms with Gasteiger partial charge >= 0.3 is 0 Å². The summed E-state index contributed by atoms with van der Waals surface area (Å²) in [6.07, 6.45) is 3.56. The molecule has 0 saturated carbocycles. The average molecular weight is 254 g/mol. The molecule has 6 heteroatoms. The van der Waals surface area contributed by atoms with Crippen LogP contribution in [0, 0.1) is 6.92 Å². The molecule has 0 fully saturated rings. The zero-order valence-electron chi connectivity index (χ0n) is 10.2. The fourth-order valence-corrected chi connectivity index (χ4v) is 2.21. The van der Waals surface area contributed by atoms with Crippen LogP contribution < -0.4 is 5.73 Å². The molecule has 1 rings (SSSR count). The van der Waals surface area contributed by atoms with E-state index in [9.17, 15) is 0 Å². The van der Waals surface area contributed by atoms with Crippen LogP contribution in [0.4, 0.5) is 0 Å². The Hall–Kier alpha value is -1.30. The number of aryl methyl sites for hydroxylation is 1. The third-order valence-electron chi connectivity index (χ3n) is 2.18. The lowest BCUT2D eigenvalue weighted by Crippen LogP contribution is -2.16. The van der Waals surface area contributed by atoms with E-state index in [-0.39, 0.29) is 5.84 Å². The van der Waals surface area contributed by atoms with Crippen molar-refractivity contribution in [2.24, 2.45) is 10.9 Å². The van der Waals surface area contributed by atoms with Crippen LogP contribution >= 0.6 is 11.8 Å². The molecule has 0 aromatic carbocycles. The molecule has 5 nitrogen and oxygen atoms in total. The van der Waals surface area contributed by atoms with Crippen molar-refractivity contribution in [1.82, 2.24) is 9.97 Å². The van der Waals surface area contributed by atoms with E-state index in [0.717, 1.165) is 17.9 Å². The highest BCUT2D eigenvalue weighted by atomic mass is 32.2. The molecule has 1 aromatic rings. The Balaban J connectivity index is 2.69. The molecule has 0 spiro atoms. The van der Waals surface area contributed by atoms with Gasteiger partial charge in [0.1, 0.15) is 5.69 Å². The Morgan fingerprint density at radius 1 is 1.47 bits per heavy atom. The van der Waals surface area contributed by atoms with Crippen molar-refractivity contribution >= 4 is 17.6 Å². The summed E-state index contributed by atoms with van der Waals surface area (Å²) >= 11 is 1.60. The zero-order chi connectivity index (χ0) is 12.7. The van der Waals surface area contributed by atoms with Gasteiger partial charge in [-0.25, -0.2) is 9.97 Å². The molecule has 0 unspecified atom stereocenters. The molecule has 0 aliphatic rings. The minimum atomic E-state index is 0.0194. The van der Waals surface area contributed by atoms with Crippen molar-refractivity contribution < 1.29 is 5.21 Å². The van der Waals surface area contributed by atoms with Crippen LogP contribution in [0.15, 0.2) is 16.4 Å². The van der Waals surface area contributed by atoms with Gasteiger partial charge in [-0.15, -0.1) is 0 Å². The summed E-state index contributed by atoms with van der Waals surface area (Å²) in [5.74, 6) is 1.01. The fourth-order valence-electron chi connectivity index (χ4n) is 1.30. The van der Waals surface area contributed by atoms with Gasteiger partial charge in [-0.05, 0) is 19.4 Å². The average Bonchev–Trinajstić information content (AvgIpc) is 2.33. The second kappa shape index (κ2) is 7.11. The third-order valence-corrected chi connectivity index (χ3v) is 3.12. The first-order valence-corrected chi connectivity index (χ1v) is 6.62. The molecule has 0 radical (unpaired) electrons. The van der Waals surface area contributed by atoms with Gasteiger partial charge in [0, 0.05) is 11.4 Å². The van der Waals surface area contributed by atoms with Crippen molar-refractivity contribution in [1.29, 1.82) is 0 Å². The first kappa shape index (κ1) is 13.8. The van der Waals surface area contributed by atoms with Crippen LogP contribution in [-0.2, 0) is 0 Å². The quantitative estimate of drug-likeness (QED) is 0.154. The predicted octanol–water partition coefficient (Wildman–Crippen LogP) is 2.16. The lowest BCUT2D eigenvalue weighted by molar-refractivity contribution is 0.318. The maximum atomic E-state index is 8.61. The first-order valence-electron chi connectivity index (χ1n) is 5.63. The van der Waals surface area contributed by atoms with Crippen LogP contribution in [-0.4, -0.2) is 26.8 Å². The molecular weight excluding hydrogens is 236 g/mol. The van der Waals surface area contributed by atoms with Crippen molar-refractivity contribution in [2.45, 2.75) is 38.3 Å². The van der Waals surface area contributed by atoms with Gasteiger partial charge in [0.05, 0.1) is 0 Å². The molecule has 0 amide bonds. The predicted molar refractivity (Wildman–Crippen MR) is 69.5 cm³/mol. The molecule has 0 aliphatic heterocycles. The maximum Gasteiger partial charge on any atom is 0.188 e. The third kappa shape index (κ3) is 4.60. The van der Waals surface area contributed by atoms with E-state index in [0.29, 0.717) is 10.9 Å². The number of nitrogens with zero attached hydrogens (tertiary/aromatic N) is 3. The minimum absolute atomic E-state index is 0.0194. The van der Waals surface area contributed by atoms with Gasteiger partial charge in [-0.3, -0.25) is 0 Å². The number of rotatable bonds is 6. The van der Waals surface area contributed by atoms with Gasteiger partial charge in [0.25, 0.3) is 0 Å². The van der Waals surface area contributed by atoms with E-state index in [1.165, 1.54) is 12.8 Å². The Morgan fingerprint density at radius 3 is 2.88 bits per heavy atom. The second-order valence-electron chi connectivity index (χ2n) is 3.72. The number of nitrogens with two attached hydrogens (primary N) is 1. The number of amidine groups is 1. The van der Waals surface area contributed by atoms with E-state index >= 15 is 0 Å². The summed E-state index contributed by atoms with van der Waals surface area (Å²) in [5, 5.41) is 12.2. The smallest absolute Gasteiger partial charge is 0.188 e. The molecule has 17 heavy (non-hydrogen) atoms. The standard InChI is InChI=1S/C11H18N4OS/c1-3-4-5-6-17-11-13-8(2)7-9(14-11)10(12)15-16/h7,16H,3-6H2,1-2H3,(H2,12,15). The van der Waals surface area contributed by atoms with E-state index in [2.05, 4.69) is 22.0 Å². The summed E-state index contributed by atoms with van der Waals surface area (Å²) in [7, 11) is 0. The van der Waals surface area contributed by atoms with E-state index in [1.54, 1.807) is 17.8 Å². The molecule has 1 aromatic heterocycles. The van der Waals surface area contributed by atoms with Crippen LogP contribution in [0.2, 0.25) is 0 Å². The van der Waals surface area contributed by atoms with Crippen LogP contribution in [0.25, 0.3) is 0 Å². The van der Waals surface area contributed by atoms with Gasteiger partial charge in [0.15, 0.2) is 11.0 Å². The van der Waals surface area contributed by atoms with Crippen molar-refractivity contribution in [2.75, 3.05) is 5.75 Å². The molecule has 94 valence electrons. The summed E-state index contributed by atoms with van der Waals surface area (Å²) in [5.41, 5.74) is 6.80. The Bertz CT molecular complexity index is 395. The Kier molecular flexibility index (Phi) is 5.76. The number of hydrogen-bond acceptors (Lipinski definition) is 5. The number of oxime groups is 1. The SMILES string of the molecule is CCCCCSc1nc(C)cc(/C(N)=N/O)n1. The largest absolute Gasteiger partial charge is 0.409 e. The van der Waals surface area contributed by atoms with Crippen molar-refractivity contribution in [3.63, 3.8) is 0 Å². The second-order valence-corrected chi connectivity index (χ2v) is 4.78. The van der Waals surface area contributed by atoms with Crippen LogP contribution in [0.5, 0.6) is 0 Å². The van der Waals surface area contributed by atoms with Crippen LogP contribution in [0.1, 0.15) is 37.6 Å². The van der Waals surface area contributed by atoms with E-state index in [1.807, 2.05) is 6.92 Å². The summed E-state index contributed by atoms with van der Waals surface area (Å²) in [6.45, 7) is 4.04. The molecule has 0 bridgehead atoms. The fraction of sp³-hybridized carbons (Fsp3) is 0.545. The highest BCUT2D eigenvalue weighted by Crippen LogP contribution is 2.16. The normalized spacial score (nSPS) is 11.8. The molecule has 0 aliphatic carbocycles. The number of aromatic nitrogens is 2. The number of unbranched alkanes of at least 4 members (excludes halogenated alkanes) is 2. The topological polar surface area (TPSA) is 84.4 Å². The van der Waals surface area contributed by atoms with Gasteiger partial charge in [-0.1, -0.05) is 36.7 Å². The lowest BCUT2D eigenvalue weighted by atomic mass is 10.3. The number of thioether (sulfide) groups is 1. The van der Waals surface area contributed by atoms with Gasteiger partial charge < -0.3 is 10.9 Å². The monoisotopic (exact) mass is 254 g/mol. The molecule has 0 atom stereocenters. The van der Waals surface area contributed by atoms with Gasteiger partial charge in [-0.2, -0.15) is 0 Å². The van der Waals surface area contributed by atoms with E-state index in [4.69, 9.17) is 10.9 Å². The zero-order valence-corrected chi connectivity index (χ0v) is 11.0. The summed E-state index contributed by atoms with van der Waals surface area (Å²) in [6, 6.07) is 1.70.